The van der Waals surface area contributed by atoms with Crippen LogP contribution >= 0.6 is 0 Å². The van der Waals surface area contributed by atoms with E-state index in [1.54, 1.807) is 0 Å². The Morgan fingerprint density at radius 2 is 1.95 bits per heavy atom. The average molecular weight is 280 g/mol. The Kier molecular flexibility index (Phi) is 5.38. The van der Waals surface area contributed by atoms with Crippen molar-refractivity contribution in [1.29, 1.82) is 0 Å². The lowest BCUT2D eigenvalue weighted by Crippen LogP contribution is -2.45. The highest BCUT2D eigenvalue weighted by atomic mass is 19.1. The third-order valence-corrected chi connectivity index (χ3v) is 3.96. The molecule has 1 aliphatic rings. The molecule has 0 radical (unpaired) electrons. The Morgan fingerprint density at radius 1 is 1.25 bits per heavy atom. The van der Waals surface area contributed by atoms with Crippen LogP contribution in [0.25, 0.3) is 0 Å². The van der Waals surface area contributed by atoms with Gasteiger partial charge in [-0.2, -0.15) is 0 Å². The molecule has 0 aromatic heterocycles. The van der Waals surface area contributed by atoms with Gasteiger partial charge in [-0.3, -0.25) is 4.90 Å². The Hall–Kier alpha value is -1.13. The highest BCUT2D eigenvalue weighted by Gasteiger charge is 2.24. The van der Waals surface area contributed by atoms with Gasteiger partial charge in [0.05, 0.1) is 0 Å². The van der Waals surface area contributed by atoms with Gasteiger partial charge in [0.2, 0.25) is 0 Å². The summed E-state index contributed by atoms with van der Waals surface area (Å²) in [5, 5.41) is 13.4. The van der Waals surface area contributed by atoms with Crippen molar-refractivity contribution in [2.45, 2.75) is 32.7 Å². The summed E-state index contributed by atoms with van der Waals surface area (Å²) in [6.07, 6.45) is 2.03. The highest BCUT2D eigenvalue weighted by molar-refractivity contribution is 5.35. The predicted molar refractivity (Wildman–Crippen MR) is 79.3 cm³/mol. The van der Waals surface area contributed by atoms with E-state index in [9.17, 15) is 9.50 Å². The largest absolute Gasteiger partial charge is 0.508 e. The van der Waals surface area contributed by atoms with Gasteiger partial charge in [-0.25, -0.2) is 4.39 Å². The van der Waals surface area contributed by atoms with Gasteiger partial charge < -0.3 is 10.4 Å². The van der Waals surface area contributed by atoms with Crippen molar-refractivity contribution >= 4 is 0 Å². The van der Waals surface area contributed by atoms with E-state index in [-0.39, 0.29) is 17.6 Å². The molecule has 0 bridgehead atoms. The lowest BCUT2D eigenvalue weighted by molar-refractivity contribution is 0.157. The van der Waals surface area contributed by atoms with Crippen molar-refractivity contribution in [2.75, 3.05) is 26.2 Å². The summed E-state index contributed by atoms with van der Waals surface area (Å²) in [5.74, 6) is 0.539. The van der Waals surface area contributed by atoms with E-state index < -0.39 is 0 Å². The Balaban J connectivity index is 2.21. The van der Waals surface area contributed by atoms with Gasteiger partial charge in [0.1, 0.15) is 11.6 Å². The number of aromatic hydroxyl groups is 1. The fraction of sp³-hybridized carbons (Fsp3) is 0.625. The molecule has 1 fully saturated rings. The third-order valence-electron chi connectivity index (χ3n) is 3.96. The zero-order chi connectivity index (χ0) is 14.5. The van der Waals surface area contributed by atoms with Crippen molar-refractivity contribution in [3.8, 4) is 5.75 Å². The first kappa shape index (κ1) is 15.3. The molecular weight excluding hydrogens is 255 g/mol. The molecule has 2 N–H and O–H groups in total. The molecule has 1 saturated heterocycles. The van der Waals surface area contributed by atoms with E-state index in [0.29, 0.717) is 5.92 Å². The number of hydrogen-bond donors (Lipinski definition) is 2. The molecule has 4 heteroatoms. The summed E-state index contributed by atoms with van der Waals surface area (Å²) >= 11 is 0. The first-order chi connectivity index (χ1) is 9.58. The second-order valence-electron chi connectivity index (χ2n) is 5.98. The average Bonchev–Trinajstić information content (AvgIpc) is 2.43. The number of halogens is 1. The van der Waals surface area contributed by atoms with Crippen molar-refractivity contribution in [3.05, 3.63) is 29.6 Å². The first-order valence-corrected chi connectivity index (χ1v) is 7.51. The maximum absolute atomic E-state index is 13.5. The Bertz CT molecular complexity index is 430. The van der Waals surface area contributed by atoms with Crippen LogP contribution in [-0.2, 0) is 0 Å². The topological polar surface area (TPSA) is 35.5 Å². The van der Waals surface area contributed by atoms with Crippen LogP contribution in [0.1, 0.15) is 38.3 Å². The van der Waals surface area contributed by atoms with Gasteiger partial charge >= 0.3 is 0 Å². The molecule has 1 aliphatic heterocycles. The van der Waals surface area contributed by atoms with E-state index in [2.05, 4.69) is 24.1 Å². The molecule has 1 atom stereocenters. The van der Waals surface area contributed by atoms with Gasteiger partial charge in [0.15, 0.2) is 0 Å². The standard InChI is InChI=1S/C16H25FN2O/c1-12(2)3-5-15(19-9-7-18-8-10-19)14-11-13(17)4-6-16(14)20/h4,6,11-12,15,18,20H,3,5,7-10H2,1-2H3/t15-/m1/s1. The zero-order valence-corrected chi connectivity index (χ0v) is 12.4. The second-order valence-corrected chi connectivity index (χ2v) is 5.98. The normalized spacial score (nSPS) is 18.4. The molecule has 1 aromatic carbocycles. The van der Waals surface area contributed by atoms with Crippen molar-refractivity contribution in [3.63, 3.8) is 0 Å². The fourth-order valence-corrected chi connectivity index (χ4v) is 2.81. The molecule has 0 spiro atoms. The molecule has 3 nitrogen and oxygen atoms in total. The lowest BCUT2D eigenvalue weighted by Gasteiger charge is -2.36. The van der Waals surface area contributed by atoms with E-state index in [0.717, 1.165) is 44.6 Å². The summed E-state index contributed by atoms with van der Waals surface area (Å²) in [7, 11) is 0. The molecule has 0 unspecified atom stereocenters. The number of hydrogen-bond acceptors (Lipinski definition) is 3. The number of benzene rings is 1. The fourth-order valence-electron chi connectivity index (χ4n) is 2.81. The molecule has 0 saturated carbocycles. The number of phenols is 1. The summed E-state index contributed by atoms with van der Waals surface area (Å²) in [6.45, 7) is 8.18. The summed E-state index contributed by atoms with van der Waals surface area (Å²) < 4.78 is 13.5. The van der Waals surface area contributed by atoms with Crippen LogP contribution in [0.5, 0.6) is 5.75 Å². The van der Waals surface area contributed by atoms with Crippen LogP contribution in [0.15, 0.2) is 18.2 Å². The lowest BCUT2D eigenvalue weighted by atomic mass is 9.95. The molecule has 112 valence electrons. The van der Waals surface area contributed by atoms with Gasteiger partial charge in [0.25, 0.3) is 0 Å². The van der Waals surface area contributed by atoms with Gasteiger partial charge in [-0.1, -0.05) is 13.8 Å². The first-order valence-electron chi connectivity index (χ1n) is 7.51. The number of phenolic OH excluding ortho intramolecular Hbond substituents is 1. The molecule has 2 rings (SSSR count). The van der Waals surface area contributed by atoms with E-state index >= 15 is 0 Å². The number of rotatable bonds is 5. The SMILES string of the molecule is CC(C)CC[C@H](c1cc(F)ccc1O)N1CCNCC1. The molecule has 0 aliphatic carbocycles. The quantitative estimate of drug-likeness (QED) is 0.870. The van der Waals surface area contributed by atoms with E-state index in [1.165, 1.54) is 18.2 Å². The molecule has 0 amide bonds. The van der Waals surface area contributed by atoms with Crippen molar-refractivity contribution in [1.82, 2.24) is 10.2 Å². The molecule has 20 heavy (non-hydrogen) atoms. The molecule has 1 aromatic rings. The number of piperazine rings is 1. The second kappa shape index (κ2) is 7.04. The Morgan fingerprint density at radius 3 is 2.60 bits per heavy atom. The number of nitrogens with one attached hydrogen (secondary N) is 1. The minimum Gasteiger partial charge on any atom is -0.508 e. The van der Waals surface area contributed by atoms with Crippen LogP contribution in [0.3, 0.4) is 0 Å². The maximum atomic E-state index is 13.5. The zero-order valence-electron chi connectivity index (χ0n) is 12.4. The van der Waals surface area contributed by atoms with Crippen molar-refractivity contribution in [2.24, 2.45) is 5.92 Å². The molecular formula is C16H25FN2O. The van der Waals surface area contributed by atoms with Crippen LogP contribution in [0.4, 0.5) is 4.39 Å². The predicted octanol–water partition coefficient (Wildman–Crippen LogP) is 2.91. The van der Waals surface area contributed by atoms with Crippen LogP contribution in [0, 0.1) is 11.7 Å². The van der Waals surface area contributed by atoms with Crippen LogP contribution in [0.2, 0.25) is 0 Å². The number of nitrogens with zero attached hydrogens (tertiary/aromatic N) is 1. The minimum absolute atomic E-state index is 0.107. The minimum atomic E-state index is -0.275. The van der Waals surface area contributed by atoms with Crippen LogP contribution in [-0.4, -0.2) is 36.2 Å². The van der Waals surface area contributed by atoms with Crippen molar-refractivity contribution < 1.29 is 9.50 Å². The third kappa shape index (κ3) is 3.93. The smallest absolute Gasteiger partial charge is 0.123 e. The summed E-state index contributed by atoms with van der Waals surface area (Å²) in [4.78, 5) is 2.35. The molecule has 1 heterocycles. The van der Waals surface area contributed by atoms with E-state index in [4.69, 9.17) is 0 Å². The highest BCUT2D eigenvalue weighted by Crippen LogP contribution is 2.33. The summed E-state index contributed by atoms with van der Waals surface area (Å²) in [5.41, 5.74) is 0.729. The van der Waals surface area contributed by atoms with E-state index in [1.807, 2.05) is 0 Å². The van der Waals surface area contributed by atoms with Gasteiger partial charge in [0, 0.05) is 37.8 Å². The Labute approximate surface area is 120 Å². The summed E-state index contributed by atoms with van der Waals surface area (Å²) in [6, 6.07) is 4.38. The van der Waals surface area contributed by atoms with Crippen LogP contribution < -0.4 is 5.32 Å². The van der Waals surface area contributed by atoms with Gasteiger partial charge in [-0.15, -0.1) is 0 Å². The van der Waals surface area contributed by atoms with Gasteiger partial charge in [-0.05, 0) is 37.0 Å². The maximum Gasteiger partial charge on any atom is 0.123 e. The monoisotopic (exact) mass is 280 g/mol.